The summed E-state index contributed by atoms with van der Waals surface area (Å²) in [5.74, 6) is -1.36. The lowest BCUT2D eigenvalue weighted by molar-refractivity contribution is -0.168. The molecule has 0 radical (unpaired) electrons. The van der Waals surface area contributed by atoms with Crippen LogP contribution in [0.1, 0.15) is 42.2 Å². The lowest BCUT2D eigenvalue weighted by Crippen LogP contribution is -2.23. The Hall–Kier alpha value is -2.66. The summed E-state index contributed by atoms with van der Waals surface area (Å²) in [4.78, 5) is 23.6. The van der Waals surface area contributed by atoms with Crippen LogP contribution in [-0.4, -0.2) is 17.0 Å². The van der Waals surface area contributed by atoms with E-state index >= 15 is 0 Å². The summed E-state index contributed by atoms with van der Waals surface area (Å²) in [6, 6.07) is 12.8. The number of hydrogen-bond donors (Lipinski definition) is 1. The van der Waals surface area contributed by atoms with Crippen molar-refractivity contribution < 1.29 is 24.2 Å². The number of aryl methyl sites for hydroxylation is 2. The number of hydrogen-bond acceptors (Lipinski definition) is 5. The first kappa shape index (κ1) is 19.7. The molecule has 0 aliphatic heterocycles. The number of aliphatic hydroxyl groups excluding tert-OH is 1. The Morgan fingerprint density at radius 1 is 1.04 bits per heavy atom. The maximum absolute atomic E-state index is 12.0. The fourth-order valence-electron chi connectivity index (χ4n) is 2.35. The molecule has 0 fully saturated rings. The first-order valence-corrected chi connectivity index (χ1v) is 8.51. The molecule has 1 N–H and O–H groups in total. The van der Waals surface area contributed by atoms with Crippen LogP contribution in [0.15, 0.2) is 42.5 Å². The molecule has 1 atom stereocenters. The van der Waals surface area contributed by atoms with Crippen LogP contribution in [0.4, 0.5) is 0 Å². The van der Waals surface area contributed by atoms with Gasteiger partial charge in [-0.3, -0.25) is 4.79 Å². The molecule has 0 aliphatic carbocycles. The summed E-state index contributed by atoms with van der Waals surface area (Å²) in [5.41, 5.74) is 3.08. The topological polar surface area (TPSA) is 72.8 Å². The van der Waals surface area contributed by atoms with Crippen molar-refractivity contribution in [3.63, 3.8) is 0 Å². The third kappa shape index (κ3) is 4.92. The van der Waals surface area contributed by atoms with Crippen LogP contribution in [-0.2, 0) is 20.9 Å². The zero-order valence-corrected chi connectivity index (χ0v) is 15.5. The molecular formula is C21H24O5. The van der Waals surface area contributed by atoms with Crippen molar-refractivity contribution in [3.8, 4) is 5.75 Å². The first-order valence-electron chi connectivity index (χ1n) is 8.51. The molecule has 2 aromatic carbocycles. The second-order valence-corrected chi connectivity index (χ2v) is 6.55. The number of ether oxygens (including phenoxy) is 2. The Bertz CT molecular complexity index is 795. The summed E-state index contributed by atoms with van der Waals surface area (Å²) in [6.45, 7) is 7.35. The van der Waals surface area contributed by atoms with Gasteiger partial charge < -0.3 is 14.6 Å². The van der Waals surface area contributed by atoms with Crippen molar-refractivity contribution in [2.45, 2.75) is 40.4 Å². The number of rotatable bonds is 6. The maximum atomic E-state index is 12.0. The predicted molar refractivity (Wildman–Crippen MR) is 97.6 cm³/mol. The van der Waals surface area contributed by atoms with Crippen LogP contribution in [0.25, 0.3) is 0 Å². The summed E-state index contributed by atoms with van der Waals surface area (Å²) in [5, 5.41) is 10.3. The van der Waals surface area contributed by atoms with Crippen molar-refractivity contribution in [1.82, 2.24) is 0 Å². The molecule has 26 heavy (non-hydrogen) atoms. The smallest absolute Gasteiger partial charge is 0.347 e. The summed E-state index contributed by atoms with van der Waals surface area (Å²) in [6.07, 6.45) is -1.55. The minimum absolute atomic E-state index is 0.183. The van der Waals surface area contributed by atoms with Crippen LogP contribution >= 0.6 is 0 Å². The molecule has 5 heteroatoms. The van der Waals surface area contributed by atoms with Crippen LogP contribution in [0.5, 0.6) is 5.75 Å². The molecule has 5 nitrogen and oxygen atoms in total. The zero-order chi connectivity index (χ0) is 19.3. The van der Waals surface area contributed by atoms with Gasteiger partial charge in [-0.05, 0) is 42.2 Å². The highest BCUT2D eigenvalue weighted by Gasteiger charge is 2.25. The van der Waals surface area contributed by atoms with Gasteiger partial charge >= 0.3 is 11.9 Å². The molecule has 2 rings (SSSR count). The Labute approximate surface area is 153 Å². The molecule has 0 saturated heterocycles. The molecule has 0 saturated carbocycles. The van der Waals surface area contributed by atoms with Gasteiger partial charge in [0.05, 0.1) is 5.92 Å². The zero-order valence-electron chi connectivity index (χ0n) is 15.5. The van der Waals surface area contributed by atoms with Crippen LogP contribution < -0.4 is 4.74 Å². The van der Waals surface area contributed by atoms with E-state index in [0.29, 0.717) is 11.1 Å². The number of aliphatic hydroxyl groups is 1. The number of benzene rings is 2. The van der Waals surface area contributed by atoms with E-state index in [4.69, 9.17) is 9.47 Å². The average Bonchev–Trinajstić information content (AvgIpc) is 2.61. The quantitative estimate of drug-likeness (QED) is 0.632. The van der Waals surface area contributed by atoms with Crippen molar-refractivity contribution in [2.75, 3.05) is 0 Å². The highest BCUT2D eigenvalue weighted by Crippen LogP contribution is 2.24. The molecule has 0 aromatic heterocycles. The minimum Gasteiger partial charge on any atom is -0.489 e. The number of esters is 2. The van der Waals surface area contributed by atoms with Gasteiger partial charge in [0.25, 0.3) is 0 Å². The van der Waals surface area contributed by atoms with Crippen LogP contribution in [0.2, 0.25) is 0 Å². The van der Waals surface area contributed by atoms with Crippen molar-refractivity contribution in [3.05, 3.63) is 64.7 Å². The van der Waals surface area contributed by atoms with Gasteiger partial charge in [-0.2, -0.15) is 0 Å². The predicted octanol–water partition coefficient (Wildman–Crippen LogP) is 3.64. The molecule has 0 amide bonds. The van der Waals surface area contributed by atoms with E-state index in [1.165, 1.54) is 0 Å². The molecule has 2 aromatic rings. The summed E-state index contributed by atoms with van der Waals surface area (Å²) >= 11 is 0. The van der Waals surface area contributed by atoms with Crippen LogP contribution in [0.3, 0.4) is 0 Å². The average molecular weight is 356 g/mol. The van der Waals surface area contributed by atoms with Gasteiger partial charge in [0.2, 0.25) is 0 Å². The van der Waals surface area contributed by atoms with Gasteiger partial charge in [-0.15, -0.1) is 0 Å². The van der Waals surface area contributed by atoms with E-state index in [-0.39, 0.29) is 6.61 Å². The van der Waals surface area contributed by atoms with E-state index in [2.05, 4.69) is 0 Å². The largest absolute Gasteiger partial charge is 0.489 e. The van der Waals surface area contributed by atoms with E-state index < -0.39 is 24.0 Å². The van der Waals surface area contributed by atoms with E-state index in [0.717, 1.165) is 16.9 Å². The fraction of sp³-hybridized carbons (Fsp3) is 0.333. The number of carbonyl (C=O) groups is 2. The van der Waals surface area contributed by atoms with Crippen LogP contribution in [0, 0.1) is 19.8 Å². The highest BCUT2D eigenvalue weighted by molar-refractivity contribution is 5.89. The third-order valence-corrected chi connectivity index (χ3v) is 3.97. The summed E-state index contributed by atoms with van der Waals surface area (Å²) < 4.78 is 10.6. The van der Waals surface area contributed by atoms with E-state index in [1.807, 2.05) is 32.0 Å². The second kappa shape index (κ2) is 8.63. The molecule has 0 heterocycles. The fourth-order valence-corrected chi connectivity index (χ4v) is 2.35. The second-order valence-electron chi connectivity index (χ2n) is 6.55. The summed E-state index contributed by atoms with van der Waals surface area (Å²) in [7, 11) is 0. The SMILES string of the molecule is Cc1ccc(C)c(OCc2ccccc2C(O)C(=O)OC(=O)C(C)C)c1. The molecular weight excluding hydrogens is 332 g/mol. The lowest BCUT2D eigenvalue weighted by atomic mass is 10.0. The first-order chi connectivity index (χ1) is 12.3. The van der Waals surface area contributed by atoms with Crippen molar-refractivity contribution >= 4 is 11.9 Å². The Balaban J connectivity index is 2.15. The highest BCUT2D eigenvalue weighted by atomic mass is 16.6. The molecule has 0 spiro atoms. The van der Waals surface area contributed by atoms with Gasteiger partial charge in [0, 0.05) is 0 Å². The van der Waals surface area contributed by atoms with Gasteiger partial charge in [-0.25, -0.2) is 4.79 Å². The van der Waals surface area contributed by atoms with E-state index in [1.54, 1.807) is 38.1 Å². The van der Waals surface area contributed by atoms with Crippen molar-refractivity contribution in [1.29, 1.82) is 0 Å². The minimum atomic E-state index is -1.55. The molecule has 0 aliphatic rings. The monoisotopic (exact) mass is 356 g/mol. The van der Waals surface area contributed by atoms with Crippen molar-refractivity contribution in [2.24, 2.45) is 5.92 Å². The Kier molecular flexibility index (Phi) is 6.52. The normalized spacial score (nSPS) is 11.9. The van der Waals surface area contributed by atoms with Gasteiger partial charge in [0.1, 0.15) is 12.4 Å². The maximum Gasteiger partial charge on any atom is 0.347 e. The molecule has 138 valence electrons. The third-order valence-electron chi connectivity index (χ3n) is 3.97. The van der Waals surface area contributed by atoms with Gasteiger partial charge in [0.15, 0.2) is 6.10 Å². The number of carbonyl (C=O) groups excluding carboxylic acids is 2. The Morgan fingerprint density at radius 2 is 1.73 bits per heavy atom. The standard InChI is InChI=1S/C21H24O5/c1-13(2)20(23)26-21(24)19(22)17-8-6-5-7-16(17)12-25-18-11-14(3)9-10-15(18)4/h5-11,13,19,22H,12H2,1-4H3. The Morgan fingerprint density at radius 3 is 2.42 bits per heavy atom. The molecule has 1 unspecified atom stereocenters. The lowest BCUT2D eigenvalue weighted by Gasteiger charge is -2.16. The van der Waals surface area contributed by atoms with Gasteiger partial charge in [-0.1, -0.05) is 50.2 Å². The van der Waals surface area contributed by atoms with E-state index in [9.17, 15) is 14.7 Å². The molecule has 0 bridgehead atoms.